The molecule has 0 nitrogen and oxygen atoms in total. The Hall–Kier alpha value is -0.870. The highest BCUT2D eigenvalue weighted by molar-refractivity contribution is 7.46. The zero-order chi connectivity index (χ0) is 11.1. The molecule has 0 N–H and O–H groups in total. The van der Waals surface area contributed by atoms with Gasteiger partial charge in [0.1, 0.15) is 0 Å². The lowest BCUT2D eigenvalue weighted by molar-refractivity contribution is 1.22. The lowest BCUT2D eigenvalue weighted by Gasteiger charge is -2.03. The summed E-state index contributed by atoms with van der Waals surface area (Å²) in [7, 11) is 0.884. The van der Waals surface area contributed by atoms with Crippen molar-refractivity contribution >= 4 is 19.5 Å². The van der Waals surface area contributed by atoms with Gasteiger partial charge in [-0.15, -0.1) is 0 Å². The van der Waals surface area contributed by atoms with Crippen molar-refractivity contribution in [2.75, 3.05) is 6.66 Å². The Bertz CT molecular complexity index is 344. The van der Waals surface area contributed by atoms with Gasteiger partial charge in [0.2, 0.25) is 0 Å². The van der Waals surface area contributed by atoms with Gasteiger partial charge in [-0.3, -0.25) is 0 Å². The summed E-state index contributed by atoms with van der Waals surface area (Å²) in [5, 5.41) is 1.42. The Morgan fingerprint density at radius 1 is 1.27 bits per heavy atom. The van der Waals surface area contributed by atoms with Crippen LogP contribution in [0.3, 0.4) is 0 Å². The minimum absolute atomic E-state index is 0.884. The first-order valence-electron chi connectivity index (χ1n) is 5.42. The van der Waals surface area contributed by atoms with Crippen LogP contribution in [0.1, 0.15) is 25.8 Å². The zero-order valence-electron chi connectivity index (χ0n) is 9.75. The molecule has 1 rings (SSSR count). The average Bonchev–Trinajstić information content (AvgIpc) is 2.31. The standard InChI is InChI=1S/C14H19P/c1-4-6-7-12(5-2)13-8-10-14(15-3)11-9-13/h5-11,15H,4H2,1-3H3/b7-6-,12-5+. The number of hydrogen-bond acceptors (Lipinski definition) is 0. The number of allylic oxidation sites excluding steroid dienone is 4. The maximum Gasteiger partial charge on any atom is -0.0187 e. The highest BCUT2D eigenvalue weighted by Gasteiger charge is 1.96. The number of hydrogen-bond donors (Lipinski definition) is 0. The van der Waals surface area contributed by atoms with Crippen LogP contribution in [0.25, 0.3) is 5.57 Å². The summed E-state index contributed by atoms with van der Waals surface area (Å²) in [6.07, 6.45) is 7.65. The third-order valence-electron chi connectivity index (χ3n) is 2.35. The summed E-state index contributed by atoms with van der Waals surface area (Å²) in [6, 6.07) is 8.86. The molecule has 0 heterocycles. The van der Waals surface area contributed by atoms with Crippen molar-refractivity contribution in [2.24, 2.45) is 0 Å². The van der Waals surface area contributed by atoms with Crippen LogP contribution in [-0.2, 0) is 0 Å². The Morgan fingerprint density at radius 2 is 1.93 bits per heavy atom. The van der Waals surface area contributed by atoms with E-state index in [0.29, 0.717) is 0 Å². The molecule has 0 bridgehead atoms. The van der Waals surface area contributed by atoms with Crippen molar-refractivity contribution in [1.29, 1.82) is 0 Å². The molecule has 0 fully saturated rings. The van der Waals surface area contributed by atoms with Crippen LogP contribution in [0.2, 0.25) is 0 Å². The predicted octanol–water partition coefficient (Wildman–Crippen LogP) is 3.99. The number of rotatable bonds is 4. The predicted molar refractivity (Wildman–Crippen MR) is 73.4 cm³/mol. The van der Waals surface area contributed by atoms with E-state index in [1.54, 1.807) is 0 Å². The summed E-state index contributed by atoms with van der Waals surface area (Å²) in [6.45, 7) is 6.46. The minimum Gasteiger partial charge on any atom is -0.0936 e. The number of benzene rings is 1. The van der Waals surface area contributed by atoms with Gasteiger partial charge < -0.3 is 0 Å². The molecular formula is C14H19P. The molecule has 1 atom stereocenters. The van der Waals surface area contributed by atoms with E-state index in [9.17, 15) is 0 Å². The van der Waals surface area contributed by atoms with Crippen LogP contribution >= 0.6 is 8.58 Å². The lowest BCUT2D eigenvalue weighted by Crippen LogP contribution is -1.92. The Kier molecular flexibility index (Phi) is 5.36. The largest absolute Gasteiger partial charge is 0.0936 e. The molecule has 0 saturated carbocycles. The maximum atomic E-state index is 2.22. The molecule has 0 aromatic heterocycles. The van der Waals surface area contributed by atoms with Gasteiger partial charge in [0, 0.05) is 0 Å². The molecule has 80 valence electrons. The van der Waals surface area contributed by atoms with E-state index in [0.717, 1.165) is 15.0 Å². The second-order valence-corrected chi connectivity index (χ2v) is 4.46. The maximum absolute atomic E-state index is 2.22. The first-order valence-corrected chi connectivity index (χ1v) is 6.92. The normalized spacial score (nSPS) is 13.1. The van der Waals surface area contributed by atoms with Crippen LogP contribution < -0.4 is 5.30 Å². The molecule has 15 heavy (non-hydrogen) atoms. The van der Waals surface area contributed by atoms with Crippen LogP contribution in [0, 0.1) is 0 Å². The highest BCUT2D eigenvalue weighted by atomic mass is 31.1. The molecule has 0 aliphatic carbocycles. The van der Waals surface area contributed by atoms with Gasteiger partial charge in [-0.05, 0) is 36.5 Å². The first-order chi connectivity index (χ1) is 7.31. The van der Waals surface area contributed by atoms with Crippen molar-refractivity contribution in [1.82, 2.24) is 0 Å². The second kappa shape index (κ2) is 6.58. The fourth-order valence-electron chi connectivity index (χ4n) is 1.43. The molecule has 0 spiro atoms. The molecule has 1 aromatic rings. The van der Waals surface area contributed by atoms with E-state index in [-0.39, 0.29) is 0 Å². The summed E-state index contributed by atoms with van der Waals surface area (Å²) < 4.78 is 0. The summed E-state index contributed by atoms with van der Waals surface area (Å²) in [5.74, 6) is 0. The SMILES string of the molecule is C/C=C(\C=C/CC)c1ccc(PC)cc1. The summed E-state index contributed by atoms with van der Waals surface area (Å²) >= 11 is 0. The molecule has 1 heteroatoms. The first kappa shape index (κ1) is 12.2. The van der Waals surface area contributed by atoms with E-state index in [1.807, 2.05) is 0 Å². The van der Waals surface area contributed by atoms with Gasteiger partial charge in [-0.2, -0.15) is 0 Å². The molecule has 0 aliphatic heterocycles. The molecular weight excluding hydrogens is 199 g/mol. The van der Waals surface area contributed by atoms with E-state index in [4.69, 9.17) is 0 Å². The second-order valence-electron chi connectivity index (χ2n) is 3.38. The monoisotopic (exact) mass is 218 g/mol. The van der Waals surface area contributed by atoms with Gasteiger partial charge in [-0.25, -0.2) is 0 Å². The molecule has 0 amide bonds. The van der Waals surface area contributed by atoms with Gasteiger partial charge in [-0.1, -0.05) is 58.0 Å². The van der Waals surface area contributed by atoms with Crippen LogP contribution in [0.15, 0.2) is 42.5 Å². The lowest BCUT2D eigenvalue weighted by atomic mass is 10.1. The van der Waals surface area contributed by atoms with E-state index in [2.05, 4.69) is 63.0 Å². The van der Waals surface area contributed by atoms with Crippen molar-refractivity contribution in [3.63, 3.8) is 0 Å². The van der Waals surface area contributed by atoms with Crippen LogP contribution in [-0.4, -0.2) is 6.66 Å². The van der Waals surface area contributed by atoms with E-state index in [1.165, 1.54) is 16.4 Å². The van der Waals surface area contributed by atoms with Gasteiger partial charge in [0.05, 0.1) is 0 Å². The minimum atomic E-state index is 0.884. The van der Waals surface area contributed by atoms with Crippen molar-refractivity contribution in [2.45, 2.75) is 20.3 Å². The molecule has 0 saturated heterocycles. The summed E-state index contributed by atoms with van der Waals surface area (Å²) in [4.78, 5) is 0. The zero-order valence-corrected chi connectivity index (χ0v) is 10.7. The van der Waals surface area contributed by atoms with Crippen LogP contribution in [0.5, 0.6) is 0 Å². The Morgan fingerprint density at radius 3 is 2.40 bits per heavy atom. The molecule has 1 aromatic carbocycles. The molecule has 1 unspecified atom stereocenters. The summed E-state index contributed by atoms with van der Waals surface area (Å²) in [5.41, 5.74) is 2.62. The van der Waals surface area contributed by atoms with Gasteiger partial charge in [0.25, 0.3) is 0 Å². The van der Waals surface area contributed by atoms with Crippen LogP contribution in [0.4, 0.5) is 0 Å². The Balaban J connectivity index is 2.89. The topological polar surface area (TPSA) is 0 Å². The quantitative estimate of drug-likeness (QED) is 0.529. The molecule has 0 aliphatic rings. The molecule has 0 radical (unpaired) electrons. The average molecular weight is 218 g/mol. The van der Waals surface area contributed by atoms with Gasteiger partial charge >= 0.3 is 0 Å². The smallest absolute Gasteiger partial charge is 0.0187 e. The third kappa shape index (κ3) is 3.64. The van der Waals surface area contributed by atoms with Crippen molar-refractivity contribution < 1.29 is 0 Å². The van der Waals surface area contributed by atoms with Gasteiger partial charge in [0.15, 0.2) is 0 Å². The van der Waals surface area contributed by atoms with E-state index >= 15 is 0 Å². The van der Waals surface area contributed by atoms with E-state index < -0.39 is 0 Å². The van der Waals surface area contributed by atoms with Crippen molar-refractivity contribution in [3.8, 4) is 0 Å². The van der Waals surface area contributed by atoms with Crippen molar-refractivity contribution in [3.05, 3.63) is 48.1 Å². The fourth-order valence-corrected chi connectivity index (χ4v) is 1.93. The fraction of sp³-hybridized carbons (Fsp3) is 0.286. The third-order valence-corrected chi connectivity index (χ3v) is 3.26. The highest BCUT2D eigenvalue weighted by Crippen LogP contribution is 2.16. The Labute approximate surface area is 94.9 Å².